The molecule has 0 saturated carbocycles. The minimum absolute atomic E-state index is 0. The molecule has 1 aliphatic rings. The van der Waals surface area contributed by atoms with Crippen molar-refractivity contribution in [2.45, 2.75) is 19.3 Å². The zero-order valence-electron chi connectivity index (χ0n) is 16.1. The average Bonchev–Trinajstić information content (AvgIpc) is 2.67. The minimum Gasteiger partial charge on any atom is -0.497 e. The summed E-state index contributed by atoms with van der Waals surface area (Å²) in [5, 5.41) is 3.35. The number of benzene rings is 1. The van der Waals surface area contributed by atoms with E-state index in [4.69, 9.17) is 14.2 Å². The summed E-state index contributed by atoms with van der Waals surface area (Å²) in [6.45, 7) is 4.11. The summed E-state index contributed by atoms with van der Waals surface area (Å²) in [5.41, 5.74) is 0. The average molecular weight is 477 g/mol. The largest absolute Gasteiger partial charge is 0.497 e. The molecule has 0 atom stereocenters. The summed E-state index contributed by atoms with van der Waals surface area (Å²) in [6, 6.07) is 7.61. The molecule has 0 aromatic heterocycles. The van der Waals surface area contributed by atoms with Gasteiger partial charge in [-0.15, -0.1) is 24.0 Å². The number of methoxy groups -OCH3 is 1. The maximum atomic E-state index is 5.73. The van der Waals surface area contributed by atoms with E-state index < -0.39 is 0 Å². The lowest BCUT2D eigenvalue weighted by Gasteiger charge is -2.26. The van der Waals surface area contributed by atoms with Crippen LogP contribution in [-0.2, 0) is 4.74 Å². The maximum absolute atomic E-state index is 5.73. The fourth-order valence-electron chi connectivity index (χ4n) is 2.91. The van der Waals surface area contributed by atoms with Crippen LogP contribution in [0.1, 0.15) is 19.3 Å². The predicted molar refractivity (Wildman–Crippen MR) is 116 cm³/mol. The van der Waals surface area contributed by atoms with E-state index in [0.717, 1.165) is 43.1 Å². The standard InChI is InChI=1S/C19H31N3O3.HI/c1-20-19(22(2)12-8-16-9-13-24-14-10-16)21-11-15-25-18-6-4-17(23-3)5-7-18;/h4-7,16H,8-15H2,1-3H3,(H,20,21);1H. The second-order valence-electron chi connectivity index (χ2n) is 6.26. The smallest absolute Gasteiger partial charge is 0.193 e. The molecule has 1 N–H and O–H groups in total. The van der Waals surface area contributed by atoms with Crippen LogP contribution in [0, 0.1) is 5.92 Å². The van der Waals surface area contributed by atoms with Gasteiger partial charge in [-0.25, -0.2) is 0 Å². The van der Waals surface area contributed by atoms with Gasteiger partial charge in [0.15, 0.2) is 5.96 Å². The van der Waals surface area contributed by atoms with Crippen LogP contribution in [0.4, 0.5) is 0 Å². The first-order valence-electron chi connectivity index (χ1n) is 8.99. The highest BCUT2D eigenvalue weighted by molar-refractivity contribution is 14.0. The van der Waals surface area contributed by atoms with E-state index in [2.05, 4.69) is 22.3 Å². The van der Waals surface area contributed by atoms with Gasteiger partial charge in [-0.05, 0) is 49.4 Å². The molecule has 1 aromatic carbocycles. The third-order valence-corrected chi connectivity index (χ3v) is 4.50. The van der Waals surface area contributed by atoms with E-state index in [1.165, 1.54) is 19.3 Å². The van der Waals surface area contributed by atoms with Gasteiger partial charge in [-0.1, -0.05) is 0 Å². The molecular formula is C19H32IN3O3. The highest BCUT2D eigenvalue weighted by Gasteiger charge is 2.15. The topological polar surface area (TPSA) is 55.3 Å². The summed E-state index contributed by atoms with van der Waals surface area (Å²) in [5.74, 6) is 3.35. The molecule has 1 saturated heterocycles. The van der Waals surface area contributed by atoms with Crippen molar-refractivity contribution < 1.29 is 14.2 Å². The number of guanidine groups is 1. The van der Waals surface area contributed by atoms with Crippen molar-refractivity contribution in [3.8, 4) is 11.5 Å². The minimum atomic E-state index is 0. The summed E-state index contributed by atoms with van der Waals surface area (Å²) in [6.07, 6.45) is 3.54. The molecule has 1 heterocycles. The van der Waals surface area contributed by atoms with Gasteiger partial charge in [0, 0.05) is 33.9 Å². The molecule has 0 amide bonds. The molecule has 0 unspecified atom stereocenters. The molecule has 2 rings (SSSR count). The molecule has 1 aromatic rings. The Morgan fingerprint density at radius 3 is 2.50 bits per heavy atom. The monoisotopic (exact) mass is 477 g/mol. The van der Waals surface area contributed by atoms with Crippen molar-refractivity contribution in [3.05, 3.63) is 24.3 Å². The molecule has 0 aliphatic carbocycles. The fraction of sp³-hybridized carbons (Fsp3) is 0.632. The van der Waals surface area contributed by atoms with Crippen LogP contribution in [0.25, 0.3) is 0 Å². The first kappa shape index (κ1) is 22.8. The van der Waals surface area contributed by atoms with Gasteiger partial charge in [0.25, 0.3) is 0 Å². The first-order chi connectivity index (χ1) is 12.2. The van der Waals surface area contributed by atoms with Crippen molar-refractivity contribution in [1.82, 2.24) is 10.2 Å². The van der Waals surface area contributed by atoms with Gasteiger partial charge < -0.3 is 24.4 Å². The van der Waals surface area contributed by atoms with Gasteiger partial charge in [-0.3, -0.25) is 4.99 Å². The van der Waals surface area contributed by atoms with Crippen LogP contribution in [-0.4, -0.2) is 65.0 Å². The van der Waals surface area contributed by atoms with Gasteiger partial charge in [0.05, 0.1) is 13.7 Å². The zero-order valence-corrected chi connectivity index (χ0v) is 18.4. The Morgan fingerprint density at radius 2 is 1.88 bits per heavy atom. The van der Waals surface area contributed by atoms with Gasteiger partial charge in [0.1, 0.15) is 18.1 Å². The summed E-state index contributed by atoms with van der Waals surface area (Å²) < 4.78 is 16.3. The van der Waals surface area contributed by atoms with Crippen molar-refractivity contribution in [1.29, 1.82) is 0 Å². The first-order valence-corrected chi connectivity index (χ1v) is 8.99. The van der Waals surface area contributed by atoms with E-state index in [9.17, 15) is 0 Å². The fourth-order valence-corrected chi connectivity index (χ4v) is 2.91. The number of nitrogens with one attached hydrogen (secondary N) is 1. The third-order valence-electron chi connectivity index (χ3n) is 4.50. The molecule has 7 heteroatoms. The number of aliphatic imine (C=N–C) groups is 1. The van der Waals surface area contributed by atoms with Gasteiger partial charge >= 0.3 is 0 Å². The number of nitrogens with zero attached hydrogens (tertiary/aromatic N) is 2. The molecule has 0 bridgehead atoms. The highest BCUT2D eigenvalue weighted by Crippen LogP contribution is 2.18. The SMILES string of the molecule is CN=C(NCCOc1ccc(OC)cc1)N(C)CCC1CCOCC1.I. The molecule has 0 spiro atoms. The molecular weight excluding hydrogens is 445 g/mol. The lowest BCUT2D eigenvalue weighted by molar-refractivity contribution is 0.0625. The number of ether oxygens (including phenoxy) is 3. The van der Waals surface area contributed by atoms with E-state index in [1.54, 1.807) is 7.11 Å². The Morgan fingerprint density at radius 1 is 1.23 bits per heavy atom. The Bertz CT molecular complexity index is 519. The molecule has 1 aliphatic heterocycles. The maximum Gasteiger partial charge on any atom is 0.193 e. The normalized spacial score (nSPS) is 15.1. The second-order valence-corrected chi connectivity index (χ2v) is 6.26. The molecule has 26 heavy (non-hydrogen) atoms. The molecule has 0 radical (unpaired) electrons. The van der Waals surface area contributed by atoms with Crippen LogP contribution >= 0.6 is 24.0 Å². The van der Waals surface area contributed by atoms with E-state index in [0.29, 0.717) is 13.2 Å². The van der Waals surface area contributed by atoms with Crippen LogP contribution < -0.4 is 14.8 Å². The highest BCUT2D eigenvalue weighted by atomic mass is 127. The van der Waals surface area contributed by atoms with Crippen LogP contribution in [0.2, 0.25) is 0 Å². The number of hydrogen-bond acceptors (Lipinski definition) is 4. The number of halogens is 1. The quantitative estimate of drug-likeness (QED) is 0.270. The summed E-state index contributed by atoms with van der Waals surface area (Å²) >= 11 is 0. The number of rotatable bonds is 8. The Kier molecular flexibility index (Phi) is 11.4. The van der Waals surface area contributed by atoms with Crippen molar-refractivity contribution in [2.24, 2.45) is 10.9 Å². The zero-order chi connectivity index (χ0) is 17.9. The van der Waals surface area contributed by atoms with Crippen LogP contribution in [0.15, 0.2) is 29.3 Å². The molecule has 148 valence electrons. The lowest BCUT2D eigenvalue weighted by Crippen LogP contribution is -2.41. The second kappa shape index (κ2) is 13.0. The third kappa shape index (κ3) is 7.99. The van der Waals surface area contributed by atoms with Gasteiger partial charge in [-0.2, -0.15) is 0 Å². The van der Waals surface area contributed by atoms with Crippen LogP contribution in [0.3, 0.4) is 0 Å². The summed E-state index contributed by atoms with van der Waals surface area (Å²) in [7, 11) is 5.56. The van der Waals surface area contributed by atoms with Gasteiger partial charge in [0.2, 0.25) is 0 Å². The van der Waals surface area contributed by atoms with E-state index in [1.807, 2.05) is 31.3 Å². The Hall–Kier alpha value is -1.22. The molecule has 6 nitrogen and oxygen atoms in total. The lowest BCUT2D eigenvalue weighted by atomic mass is 9.96. The summed E-state index contributed by atoms with van der Waals surface area (Å²) in [4.78, 5) is 6.54. The van der Waals surface area contributed by atoms with Crippen LogP contribution in [0.5, 0.6) is 11.5 Å². The van der Waals surface area contributed by atoms with Crippen molar-refractivity contribution in [3.63, 3.8) is 0 Å². The number of hydrogen-bond donors (Lipinski definition) is 1. The Balaban J connectivity index is 0.00000338. The predicted octanol–water partition coefficient (Wildman–Crippen LogP) is 3.02. The van der Waals surface area contributed by atoms with E-state index >= 15 is 0 Å². The van der Waals surface area contributed by atoms with E-state index in [-0.39, 0.29) is 24.0 Å². The van der Waals surface area contributed by atoms with Crippen molar-refractivity contribution >= 4 is 29.9 Å². The van der Waals surface area contributed by atoms with Crippen molar-refractivity contribution in [2.75, 3.05) is 54.1 Å². The molecule has 1 fully saturated rings. The Labute approximate surface area is 174 Å².